The number of nitrogen functional groups attached to an aromatic ring is 1. The largest absolute Gasteiger partial charge is 0.382 e. The average Bonchev–Trinajstić information content (AvgIpc) is 3.64. The monoisotopic (exact) mass is 513 g/mol. The summed E-state index contributed by atoms with van der Waals surface area (Å²) in [5.41, 5.74) is 7.58. The number of hydrogen-bond acceptors (Lipinski definition) is 8. The van der Waals surface area contributed by atoms with E-state index in [0.29, 0.717) is 47.9 Å². The molecule has 38 heavy (non-hydrogen) atoms. The SMILES string of the molecule is CCC(C#N)(CC)n1cc(-c2cnc(N)c(-c3cc(-c4ccc(CNC5CC5)cc4F)no3)n2)ccc1=O. The van der Waals surface area contributed by atoms with E-state index in [4.69, 9.17) is 10.3 Å². The minimum atomic E-state index is -0.968. The van der Waals surface area contributed by atoms with Gasteiger partial charge in [-0.1, -0.05) is 25.1 Å². The fraction of sp³-hybridized carbons (Fsp3) is 0.321. The summed E-state index contributed by atoms with van der Waals surface area (Å²) in [6.07, 6.45) is 6.37. The first kappa shape index (κ1) is 25.3. The lowest BCUT2D eigenvalue weighted by Crippen LogP contribution is -2.38. The summed E-state index contributed by atoms with van der Waals surface area (Å²) in [6, 6.07) is 12.5. The van der Waals surface area contributed by atoms with Crippen molar-refractivity contribution < 1.29 is 8.91 Å². The molecule has 0 unspecified atom stereocenters. The zero-order valence-corrected chi connectivity index (χ0v) is 21.2. The van der Waals surface area contributed by atoms with E-state index in [9.17, 15) is 14.4 Å². The number of nitriles is 1. The molecule has 1 aromatic carbocycles. The molecule has 0 atom stereocenters. The third kappa shape index (κ3) is 4.80. The number of nitrogens with one attached hydrogen (secondary N) is 1. The summed E-state index contributed by atoms with van der Waals surface area (Å²) >= 11 is 0. The molecule has 0 amide bonds. The number of pyridine rings is 1. The number of nitrogens with two attached hydrogens (primary N) is 1. The molecule has 9 nitrogen and oxygen atoms in total. The standard InChI is InChI=1S/C28H28FN7O2/c1-3-28(4-2,16-30)36-15-18(6-10-25(36)37)23-14-33-27(31)26(34-23)24-12-22(35-38-24)20-9-5-17(11-21(20)29)13-32-19-7-8-19/h5-6,9-12,14-15,19,32H,3-4,7-8,13H2,1-2H3,(H2,31,33). The second-order valence-corrected chi connectivity index (χ2v) is 9.51. The maximum absolute atomic E-state index is 14.9. The van der Waals surface area contributed by atoms with Crippen molar-refractivity contribution in [3.05, 3.63) is 70.5 Å². The van der Waals surface area contributed by atoms with Crippen molar-refractivity contribution in [1.82, 2.24) is 25.0 Å². The first-order valence-corrected chi connectivity index (χ1v) is 12.6. The van der Waals surface area contributed by atoms with Gasteiger partial charge in [0, 0.05) is 42.0 Å². The molecule has 1 aliphatic rings. The molecule has 4 aromatic rings. The zero-order chi connectivity index (χ0) is 26.9. The Balaban J connectivity index is 1.46. The molecule has 3 N–H and O–H groups in total. The van der Waals surface area contributed by atoms with Crippen LogP contribution in [0.4, 0.5) is 10.2 Å². The van der Waals surface area contributed by atoms with E-state index >= 15 is 0 Å². The third-order valence-corrected chi connectivity index (χ3v) is 7.07. The Bertz CT molecular complexity index is 1580. The molecule has 5 rings (SSSR count). The van der Waals surface area contributed by atoms with Gasteiger partial charge in [0.1, 0.15) is 17.1 Å². The molecule has 194 valence electrons. The Morgan fingerprint density at radius 3 is 2.68 bits per heavy atom. The fourth-order valence-electron chi connectivity index (χ4n) is 4.43. The van der Waals surface area contributed by atoms with Gasteiger partial charge in [0.25, 0.3) is 5.56 Å². The maximum atomic E-state index is 14.9. The molecular formula is C28H28FN7O2. The topological polar surface area (TPSA) is 136 Å². The summed E-state index contributed by atoms with van der Waals surface area (Å²) in [5, 5.41) is 17.2. The number of anilines is 1. The number of halogens is 1. The van der Waals surface area contributed by atoms with Crippen LogP contribution in [0.5, 0.6) is 0 Å². The van der Waals surface area contributed by atoms with E-state index in [0.717, 1.165) is 18.4 Å². The van der Waals surface area contributed by atoms with Crippen LogP contribution in [0.15, 0.2) is 58.1 Å². The van der Waals surface area contributed by atoms with Gasteiger partial charge in [-0.3, -0.25) is 9.36 Å². The molecule has 0 spiro atoms. The number of aromatic nitrogens is 4. The van der Waals surface area contributed by atoms with Crippen molar-refractivity contribution >= 4 is 5.82 Å². The molecule has 0 radical (unpaired) electrons. The Kier molecular flexibility index (Phi) is 6.78. The van der Waals surface area contributed by atoms with Gasteiger partial charge < -0.3 is 15.6 Å². The summed E-state index contributed by atoms with van der Waals surface area (Å²) < 4.78 is 21.8. The van der Waals surface area contributed by atoms with Crippen molar-refractivity contribution in [2.45, 2.75) is 57.7 Å². The Morgan fingerprint density at radius 1 is 1.21 bits per heavy atom. The van der Waals surface area contributed by atoms with E-state index in [-0.39, 0.29) is 22.8 Å². The Morgan fingerprint density at radius 2 is 2.00 bits per heavy atom. The van der Waals surface area contributed by atoms with Crippen LogP contribution in [0, 0.1) is 17.1 Å². The van der Waals surface area contributed by atoms with Crippen molar-refractivity contribution in [2.24, 2.45) is 0 Å². The molecular weight excluding hydrogens is 485 g/mol. The van der Waals surface area contributed by atoms with E-state index in [2.05, 4.69) is 26.5 Å². The van der Waals surface area contributed by atoms with Gasteiger partial charge in [-0.2, -0.15) is 5.26 Å². The molecule has 1 saturated carbocycles. The summed E-state index contributed by atoms with van der Waals surface area (Å²) in [7, 11) is 0. The van der Waals surface area contributed by atoms with Crippen LogP contribution < -0.4 is 16.6 Å². The maximum Gasteiger partial charge on any atom is 0.251 e. The van der Waals surface area contributed by atoms with Crippen molar-refractivity contribution in [3.8, 4) is 40.0 Å². The van der Waals surface area contributed by atoms with E-state index in [1.165, 1.54) is 22.9 Å². The first-order valence-electron chi connectivity index (χ1n) is 12.6. The minimum absolute atomic E-state index is 0.111. The highest BCUT2D eigenvalue weighted by atomic mass is 19.1. The molecule has 3 aromatic heterocycles. The highest BCUT2D eigenvalue weighted by Crippen LogP contribution is 2.31. The lowest BCUT2D eigenvalue weighted by atomic mass is 9.94. The van der Waals surface area contributed by atoms with Crippen molar-refractivity contribution in [3.63, 3.8) is 0 Å². The minimum Gasteiger partial charge on any atom is -0.382 e. The normalized spacial score (nSPS) is 13.4. The van der Waals surface area contributed by atoms with Crippen molar-refractivity contribution in [1.29, 1.82) is 5.26 Å². The van der Waals surface area contributed by atoms with Gasteiger partial charge in [0.2, 0.25) is 0 Å². The summed E-state index contributed by atoms with van der Waals surface area (Å²) in [5.74, 6) is -0.0596. The van der Waals surface area contributed by atoms with Gasteiger partial charge in [-0.25, -0.2) is 14.4 Å². The van der Waals surface area contributed by atoms with Crippen molar-refractivity contribution in [2.75, 3.05) is 5.73 Å². The van der Waals surface area contributed by atoms with Crippen LogP contribution in [0.2, 0.25) is 0 Å². The number of nitrogens with zero attached hydrogens (tertiary/aromatic N) is 5. The van der Waals surface area contributed by atoms with Crippen LogP contribution in [0.3, 0.4) is 0 Å². The van der Waals surface area contributed by atoms with Gasteiger partial charge in [0.05, 0.1) is 18.0 Å². The lowest BCUT2D eigenvalue weighted by Gasteiger charge is -2.26. The van der Waals surface area contributed by atoms with Gasteiger partial charge >= 0.3 is 0 Å². The second kappa shape index (κ2) is 10.2. The summed E-state index contributed by atoms with van der Waals surface area (Å²) in [6.45, 7) is 4.36. The molecule has 0 saturated heterocycles. The van der Waals surface area contributed by atoms with E-state index < -0.39 is 11.4 Å². The van der Waals surface area contributed by atoms with Gasteiger partial charge in [-0.05, 0) is 49.4 Å². The third-order valence-electron chi connectivity index (χ3n) is 7.07. The number of benzene rings is 1. The molecule has 3 heterocycles. The van der Waals surface area contributed by atoms with Gasteiger partial charge in [-0.15, -0.1) is 0 Å². The number of hydrogen-bond donors (Lipinski definition) is 2. The highest BCUT2D eigenvalue weighted by molar-refractivity contribution is 5.73. The summed E-state index contributed by atoms with van der Waals surface area (Å²) in [4.78, 5) is 21.5. The zero-order valence-electron chi connectivity index (χ0n) is 21.2. The predicted molar refractivity (Wildman–Crippen MR) is 141 cm³/mol. The molecule has 0 aliphatic heterocycles. The van der Waals surface area contributed by atoms with Crippen LogP contribution in [0.25, 0.3) is 34.0 Å². The molecule has 0 bridgehead atoms. The second-order valence-electron chi connectivity index (χ2n) is 9.51. The number of rotatable bonds is 9. The van der Waals surface area contributed by atoms with Crippen LogP contribution >= 0.6 is 0 Å². The smallest absolute Gasteiger partial charge is 0.251 e. The Labute approximate surface area is 219 Å². The van der Waals surface area contributed by atoms with Crippen LogP contribution in [-0.2, 0) is 12.1 Å². The quantitative estimate of drug-likeness (QED) is 0.330. The van der Waals surface area contributed by atoms with E-state index in [1.807, 2.05) is 19.9 Å². The first-order chi connectivity index (χ1) is 18.4. The highest BCUT2D eigenvalue weighted by Gasteiger charge is 2.29. The lowest BCUT2D eigenvalue weighted by molar-refractivity contribution is 0.345. The molecule has 1 aliphatic carbocycles. The van der Waals surface area contributed by atoms with E-state index in [1.54, 1.807) is 24.4 Å². The average molecular weight is 514 g/mol. The van der Waals surface area contributed by atoms with Gasteiger partial charge in [0.15, 0.2) is 17.3 Å². The Hall–Kier alpha value is -4.36. The molecule has 1 fully saturated rings. The molecule has 10 heteroatoms. The predicted octanol–water partition coefficient (Wildman–Crippen LogP) is 4.64. The van der Waals surface area contributed by atoms with Crippen LogP contribution in [0.1, 0.15) is 45.1 Å². The fourth-order valence-corrected chi connectivity index (χ4v) is 4.43. The van der Waals surface area contributed by atoms with Crippen LogP contribution in [-0.4, -0.2) is 25.7 Å².